The number of rotatable bonds is 4. The van der Waals surface area contributed by atoms with E-state index in [1.807, 2.05) is 31.2 Å². The molecular weight excluding hydrogens is 238 g/mol. The lowest BCUT2D eigenvalue weighted by molar-refractivity contribution is -0.0908. The van der Waals surface area contributed by atoms with Crippen LogP contribution in [0.3, 0.4) is 0 Å². The van der Waals surface area contributed by atoms with Crippen molar-refractivity contribution in [2.75, 3.05) is 13.2 Å². The van der Waals surface area contributed by atoms with Gasteiger partial charge < -0.3 is 15.6 Å². The predicted octanol–water partition coefficient (Wildman–Crippen LogP) is 2.46. The summed E-state index contributed by atoms with van der Waals surface area (Å²) in [7, 11) is 0. The van der Waals surface area contributed by atoms with Gasteiger partial charge in [0.15, 0.2) is 0 Å². The molecule has 0 bridgehead atoms. The zero-order chi connectivity index (χ0) is 14.1. The Hall–Kier alpha value is -1.06. The number of fused-ring (bicyclic) bond motifs is 1. The minimum absolute atomic E-state index is 0.146. The number of hydrogen-bond donors (Lipinski definition) is 2. The van der Waals surface area contributed by atoms with Gasteiger partial charge in [-0.25, -0.2) is 0 Å². The van der Waals surface area contributed by atoms with Crippen LogP contribution in [0.1, 0.15) is 39.2 Å². The number of ether oxygens (including phenoxy) is 1. The van der Waals surface area contributed by atoms with E-state index in [0.29, 0.717) is 19.6 Å². The van der Waals surface area contributed by atoms with Crippen LogP contribution in [0, 0.1) is 5.92 Å². The maximum Gasteiger partial charge on any atom is 0.123 e. The molecule has 0 saturated heterocycles. The van der Waals surface area contributed by atoms with E-state index in [9.17, 15) is 5.11 Å². The topological polar surface area (TPSA) is 55.5 Å². The number of aliphatic hydroxyl groups is 1. The summed E-state index contributed by atoms with van der Waals surface area (Å²) in [6, 6.07) is 7.97. The molecule has 19 heavy (non-hydrogen) atoms. The molecule has 2 atom stereocenters. The van der Waals surface area contributed by atoms with Crippen LogP contribution in [-0.4, -0.2) is 23.9 Å². The Kier molecular flexibility index (Phi) is 3.88. The maximum absolute atomic E-state index is 11.3. The standard InChI is InChI=1S/C16H25NO2/c1-4-16(18,12(2)3)15(11-17)9-10-19-14-8-6-5-7-13(14)15/h5-8,12,18H,4,9-11,17H2,1-3H3. The Morgan fingerprint density at radius 1 is 1.42 bits per heavy atom. The van der Waals surface area contributed by atoms with Crippen molar-refractivity contribution in [2.45, 2.75) is 44.6 Å². The summed E-state index contributed by atoms with van der Waals surface area (Å²) >= 11 is 0. The second-order valence-corrected chi connectivity index (χ2v) is 5.81. The van der Waals surface area contributed by atoms with E-state index in [1.54, 1.807) is 0 Å². The Morgan fingerprint density at radius 2 is 2.11 bits per heavy atom. The summed E-state index contributed by atoms with van der Waals surface area (Å²) in [5.41, 5.74) is 5.98. The van der Waals surface area contributed by atoms with Crippen LogP contribution >= 0.6 is 0 Å². The van der Waals surface area contributed by atoms with E-state index in [0.717, 1.165) is 17.7 Å². The van der Waals surface area contributed by atoms with Crippen LogP contribution in [0.25, 0.3) is 0 Å². The molecule has 1 heterocycles. The van der Waals surface area contributed by atoms with Crippen LogP contribution in [0.2, 0.25) is 0 Å². The highest BCUT2D eigenvalue weighted by atomic mass is 16.5. The van der Waals surface area contributed by atoms with Crippen molar-refractivity contribution >= 4 is 0 Å². The second kappa shape index (κ2) is 5.14. The van der Waals surface area contributed by atoms with Gasteiger partial charge in [-0.15, -0.1) is 0 Å². The lowest BCUT2D eigenvalue weighted by atomic mass is 9.59. The highest BCUT2D eigenvalue weighted by Crippen LogP contribution is 2.49. The minimum Gasteiger partial charge on any atom is -0.493 e. The smallest absolute Gasteiger partial charge is 0.123 e. The van der Waals surface area contributed by atoms with Crippen molar-refractivity contribution in [3.05, 3.63) is 29.8 Å². The Balaban J connectivity index is 2.62. The van der Waals surface area contributed by atoms with Crippen LogP contribution in [0.4, 0.5) is 0 Å². The van der Waals surface area contributed by atoms with Crippen molar-refractivity contribution in [3.8, 4) is 5.75 Å². The highest BCUT2D eigenvalue weighted by molar-refractivity contribution is 5.44. The number of benzene rings is 1. The van der Waals surface area contributed by atoms with Gasteiger partial charge in [-0.1, -0.05) is 39.0 Å². The molecule has 0 amide bonds. The van der Waals surface area contributed by atoms with Gasteiger partial charge in [0.05, 0.1) is 12.2 Å². The summed E-state index contributed by atoms with van der Waals surface area (Å²) in [6.07, 6.45) is 1.46. The third-order valence-electron chi connectivity index (χ3n) is 4.86. The molecule has 1 aromatic rings. The first-order valence-electron chi connectivity index (χ1n) is 7.16. The van der Waals surface area contributed by atoms with Gasteiger partial charge in [0.25, 0.3) is 0 Å². The van der Waals surface area contributed by atoms with Gasteiger partial charge in [0, 0.05) is 17.5 Å². The van der Waals surface area contributed by atoms with E-state index in [4.69, 9.17) is 10.5 Å². The molecule has 3 heteroatoms. The average molecular weight is 263 g/mol. The van der Waals surface area contributed by atoms with E-state index in [2.05, 4.69) is 13.8 Å². The molecule has 106 valence electrons. The molecule has 0 spiro atoms. The van der Waals surface area contributed by atoms with Gasteiger partial charge in [-0.3, -0.25) is 0 Å². The van der Waals surface area contributed by atoms with E-state index >= 15 is 0 Å². The fourth-order valence-corrected chi connectivity index (χ4v) is 3.60. The number of hydrogen-bond acceptors (Lipinski definition) is 3. The fraction of sp³-hybridized carbons (Fsp3) is 0.625. The van der Waals surface area contributed by atoms with Crippen LogP contribution in [0.5, 0.6) is 5.75 Å². The molecule has 0 saturated carbocycles. The summed E-state index contributed by atoms with van der Waals surface area (Å²) < 4.78 is 5.73. The van der Waals surface area contributed by atoms with Gasteiger partial charge in [-0.2, -0.15) is 0 Å². The zero-order valence-corrected chi connectivity index (χ0v) is 12.1. The predicted molar refractivity (Wildman–Crippen MR) is 77.4 cm³/mol. The first kappa shape index (κ1) is 14.4. The summed E-state index contributed by atoms with van der Waals surface area (Å²) in [5, 5.41) is 11.3. The van der Waals surface area contributed by atoms with Gasteiger partial charge in [0.1, 0.15) is 5.75 Å². The first-order valence-corrected chi connectivity index (χ1v) is 7.16. The molecule has 1 aromatic carbocycles. The van der Waals surface area contributed by atoms with Crippen molar-refractivity contribution in [3.63, 3.8) is 0 Å². The largest absolute Gasteiger partial charge is 0.493 e. The molecule has 0 radical (unpaired) electrons. The Bertz CT molecular complexity index is 446. The maximum atomic E-state index is 11.3. The molecule has 2 unspecified atom stereocenters. The van der Waals surface area contributed by atoms with Gasteiger partial charge in [0.2, 0.25) is 0 Å². The molecule has 0 aliphatic carbocycles. The quantitative estimate of drug-likeness (QED) is 0.877. The molecule has 1 aliphatic heterocycles. The van der Waals surface area contributed by atoms with Crippen molar-refractivity contribution < 1.29 is 9.84 Å². The van der Waals surface area contributed by atoms with Gasteiger partial charge in [-0.05, 0) is 24.8 Å². The van der Waals surface area contributed by atoms with Crippen molar-refractivity contribution in [1.82, 2.24) is 0 Å². The summed E-state index contributed by atoms with van der Waals surface area (Å²) in [4.78, 5) is 0. The minimum atomic E-state index is -0.804. The Morgan fingerprint density at radius 3 is 2.68 bits per heavy atom. The lowest BCUT2D eigenvalue weighted by Crippen LogP contribution is -2.60. The molecule has 0 fully saturated rings. The average Bonchev–Trinajstić information content (AvgIpc) is 2.45. The molecule has 0 aromatic heterocycles. The number of nitrogens with two attached hydrogens (primary N) is 1. The van der Waals surface area contributed by atoms with E-state index < -0.39 is 11.0 Å². The van der Waals surface area contributed by atoms with E-state index in [1.165, 1.54) is 0 Å². The van der Waals surface area contributed by atoms with Gasteiger partial charge >= 0.3 is 0 Å². The Labute approximate surface area is 115 Å². The molecule has 3 N–H and O–H groups in total. The van der Waals surface area contributed by atoms with Crippen molar-refractivity contribution in [1.29, 1.82) is 0 Å². The zero-order valence-electron chi connectivity index (χ0n) is 12.1. The van der Waals surface area contributed by atoms with Crippen LogP contribution in [-0.2, 0) is 5.41 Å². The third kappa shape index (κ3) is 1.96. The lowest BCUT2D eigenvalue weighted by Gasteiger charge is -2.51. The first-order chi connectivity index (χ1) is 9.02. The van der Waals surface area contributed by atoms with Crippen LogP contribution in [0.15, 0.2) is 24.3 Å². The van der Waals surface area contributed by atoms with Crippen molar-refractivity contribution in [2.24, 2.45) is 11.7 Å². The van der Waals surface area contributed by atoms with E-state index in [-0.39, 0.29) is 5.92 Å². The fourth-order valence-electron chi connectivity index (χ4n) is 3.60. The molecular formula is C16H25NO2. The summed E-state index contributed by atoms with van der Waals surface area (Å²) in [5.74, 6) is 1.01. The van der Waals surface area contributed by atoms with Crippen LogP contribution < -0.4 is 10.5 Å². The monoisotopic (exact) mass is 263 g/mol. The SMILES string of the molecule is CCC(O)(C(C)C)C1(CN)CCOc2ccccc21. The molecule has 3 nitrogen and oxygen atoms in total. The third-order valence-corrected chi connectivity index (χ3v) is 4.86. The summed E-state index contributed by atoms with van der Waals surface area (Å²) in [6.45, 7) is 7.23. The molecule has 1 aliphatic rings. The number of para-hydroxylation sites is 1. The highest BCUT2D eigenvalue weighted by Gasteiger charge is 2.53. The normalized spacial score (nSPS) is 25.6. The second-order valence-electron chi connectivity index (χ2n) is 5.81. The molecule has 2 rings (SSSR count).